The molecule has 0 radical (unpaired) electrons. The number of benzene rings is 2. The molecule has 5 nitrogen and oxygen atoms in total. The molecule has 166 valence electrons. The Labute approximate surface area is 190 Å². The summed E-state index contributed by atoms with van der Waals surface area (Å²) in [7, 11) is 0. The summed E-state index contributed by atoms with van der Waals surface area (Å²) in [6.07, 6.45) is 1.99. The van der Waals surface area contributed by atoms with E-state index in [9.17, 15) is 4.79 Å². The number of halogens is 1. The van der Waals surface area contributed by atoms with Gasteiger partial charge in [-0.15, -0.1) is 0 Å². The summed E-state index contributed by atoms with van der Waals surface area (Å²) >= 11 is 6.25. The van der Waals surface area contributed by atoms with Crippen LogP contribution >= 0.6 is 11.6 Å². The first kappa shape index (κ1) is 22.1. The molecule has 2 aromatic carbocycles. The molecule has 2 saturated heterocycles. The van der Waals surface area contributed by atoms with E-state index in [4.69, 9.17) is 17.3 Å². The predicted octanol–water partition coefficient (Wildman–Crippen LogP) is 4.29. The minimum atomic E-state index is -0.0450. The Morgan fingerprint density at radius 1 is 1.03 bits per heavy atom. The summed E-state index contributed by atoms with van der Waals surface area (Å²) in [6.45, 7) is 9.39. The predicted molar refractivity (Wildman–Crippen MR) is 127 cm³/mol. The summed E-state index contributed by atoms with van der Waals surface area (Å²) in [4.78, 5) is 20.1. The van der Waals surface area contributed by atoms with Crippen LogP contribution in [-0.4, -0.2) is 65.4 Å². The van der Waals surface area contributed by atoms with Gasteiger partial charge in [0.05, 0.1) is 10.6 Å². The van der Waals surface area contributed by atoms with Crippen molar-refractivity contribution in [2.24, 2.45) is 0 Å². The molecule has 2 aliphatic heterocycles. The van der Waals surface area contributed by atoms with Gasteiger partial charge < -0.3 is 10.6 Å². The van der Waals surface area contributed by atoms with Crippen molar-refractivity contribution >= 4 is 23.2 Å². The molecule has 0 aromatic heterocycles. The van der Waals surface area contributed by atoms with Crippen molar-refractivity contribution in [1.82, 2.24) is 14.7 Å². The molecule has 2 fully saturated rings. The maximum Gasteiger partial charge on any atom is 0.257 e. The fourth-order valence-corrected chi connectivity index (χ4v) is 5.45. The zero-order valence-electron chi connectivity index (χ0n) is 18.5. The van der Waals surface area contributed by atoms with Crippen molar-refractivity contribution in [2.75, 3.05) is 38.5 Å². The normalized spacial score (nSPS) is 22.4. The molecule has 2 atom stereocenters. The van der Waals surface area contributed by atoms with E-state index in [0.29, 0.717) is 34.4 Å². The van der Waals surface area contributed by atoms with Crippen LogP contribution in [0.25, 0.3) is 0 Å². The van der Waals surface area contributed by atoms with E-state index in [2.05, 4.69) is 54.0 Å². The van der Waals surface area contributed by atoms with Crippen LogP contribution < -0.4 is 5.73 Å². The highest BCUT2D eigenvalue weighted by atomic mass is 35.5. The van der Waals surface area contributed by atoms with Gasteiger partial charge in [0.1, 0.15) is 0 Å². The Hall–Kier alpha value is -2.08. The zero-order valence-corrected chi connectivity index (χ0v) is 19.3. The second-order valence-electron chi connectivity index (χ2n) is 8.90. The maximum atomic E-state index is 13.0. The first-order valence-corrected chi connectivity index (χ1v) is 11.7. The van der Waals surface area contributed by atoms with Crippen LogP contribution in [0.3, 0.4) is 0 Å². The molecule has 31 heavy (non-hydrogen) atoms. The Morgan fingerprint density at radius 2 is 1.74 bits per heavy atom. The third-order valence-corrected chi connectivity index (χ3v) is 7.33. The van der Waals surface area contributed by atoms with Crippen LogP contribution in [0.4, 0.5) is 5.69 Å². The van der Waals surface area contributed by atoms with E-state index in [1.165, 1.54) is 5.56 Å². The number of hydrogen-bond donors (Lipinski definition) is 1. The Morgan fingerprint density at radius 3 is 2.39 bits per heavy atom. The Balaban J connectivity index is 1.32. The lowest BCUT2D eigenvalue weighted by atomic mass is 9.98. The van der Waals surface area contributed by atoms with Crippen LogP contribution in [0, 0.1) is 0 Å². The maximum absolute atomic E-state index is 13.0. The fourth-order valence-electron chi connectivity index (χ4n) is 5.19. The minimum Gasteiger partial charge on any atom is -0.398 e. The van der Waals surface area contributed by atoms with Crippen molar-refractivity contribution in [3.63, 3.8) is 0 Å². The smallest absolute Gasteiger partial charge is 0.257 e. The quantitative estimate of drug-likeness (QED) is 0.720. The monoisotopic (exact) mass is 440 g/mol. The van der Waals surface area contributed by atoms with E-state index in [-0.39, 0.29) is 5.91 Å². The van der Waals surface area contributed by atoms with Gasteiger partial charge in [0.15, 0.2) is 0 Å². The van der Waals surface area contributed by atoms with Crippen molar-refractivity contribution in [1.29, 1.82) is 0 Å². The highest BCUT2D eigenvalue weighted by Crippen LogP contribution is 2.29. The first-order valence-electron chi connectivity index (χ1n) is 11.3. The van der Waals surface area contributed by atoms with E-state index >= 15 is 0 Å². The summed E-state index contributed by atoms with van der Waals surface area (Å²) in [5.41, 5.74) is 8.31. The lowest BCUT2D eigenvalue weighted by molar-refractivity contribution is 0.0135. The van der Waals surface area contributed by atoms with Crippen molar-refractivity contribution < 1.29 is 4.79 Å². The van der Waals surface area contributed by atoms with Crippen LogP contribution in [0.5, 0.6) is 0 Å². The van der Waals surface area contributed by atoms with Crippen LogP contribution in [-0.2, 0) is 0 Å². The molecule has 2 unspecified atom stereocenters. The van der Waals surface area contributed by atoms with E-state index < -0.39 is 0 Å². The third-order valence-electron chi connectivity index (χ3n) is 7.02. The number of piperidine rings is 1. The lowest BCUT2D eigenvalue weighted by Crippen LogP contribution is -2.57. The third kappa shape index (κ3) is 4.74. The largest absolute Gasteiger partial charge is 0.398 e. The highest BCUT2D eigenvalue weighted by molar-refractivity contribution is 6.34. The van der Waals surface area contributed by atoms with Crippen LogP contribution in [0.15, 0.2) is 48.5 Å². The van der Waals surface area contributed by atoms with Gasteiger partial charge >= 0.3 is 0 Å². The van der Waals surface area contributed by atoms with Crippen LogP contribution in [0.2, 0.25) is 5.02 Å². The van der Waals surface area contributed by atoms with Gasteiger partial charge in [-0.2, -0.15) is 0 Å². The molecule has 0 bridgehead atoms. The number of nitrogens with zero attached hydrogens (tertiary/aromatic N) is 3. The van der Waals surface area contributed by atoms with Crippen molar-refractivity contribution in [3.8, 4) is 0 Å². The second kappa shape index (κ2) is 9.60. The molecule has 0 aliphatic carbocycles. The molecular formula is C25H33ClN4O. The molecule has 2 heterocycles. The van der Waals surface area contributed by atoms with E-state index in [0.717, 1.165) is 45.6 Å². The molecule has 6 heteroatoms. The van der Waals surface area contributed by atoms with E-state index in [1.807, 2.05) is 4.90 Å². The minimum absolute atomic E-state index is 0.0450. The second-order valence-corrected chi connectivity index (χ2v) is 9.30. The number of likely N-dealkylation sites (tertiary alicyclic amines) is 1. The van der Waals surface area contributed by atoms with Crippen LogP contribution in [0.1, 0.15) is 48.7 Å². The van der Waals surface area contributed by atoms with Gasteiger partial charge in [0.2, 0.25) is 0 Å². The molecule has 4 rings (SSSR count). The molecule has 2 aliphatic rings. The number of anilines is 1. The van der Waals surface area contributed by atoms with Gasteiger partial charge in [-0.05, 0) is 44.4 Å². The van der Waals surface area contributed by atoms with Gasteiger partial charge in [-0.25, -0.2) is 0 Å². The number of nitrogen functional groups attached to an aromatic ring is 1. The molecule has 1 amide bonds. The average molecular weight is 441 g/mol. The average Bonchev–Trinajstić information content (AvgIpc) is 2.79. The summed E-state index contributed by atoms with van der Waals surface area (Å²) in [6, 6.07) is 17.5. The van der Waals surface area contributed by atoms with Crippen molar-refractivity contribution in [2.45, 2.75) is 44.8 Å². The molecule has 0 saturated carbocycles. The summed E-state index contributed by atoms with van der Waals surface area (Å²) in [5.74, 6) is -0.0450. The molecule has 0 spiro atoms. The summed E-state index contributed by atoms with van der Waals surface area (Å²) in [5, 5.41) is 0.435. The highest BCUT2D eigenvalue weighted by Gasteiger charge is 2.34. The molecule has 2 aromatic rings. The van der Waals surface area contributed by atoms with Gasteiger partial charge in [-0.1, -0.05) is 48.0 Å². The van der Waals surface area contributed by atoms with E-state index in [1.54, 1.807) is 18.2 Å². The van der Waals surface area contributed by atoms with Gasteiger partial charge in [-0.3, -0.25) is 14.6 Å². The number of hydrogen-bond acceptors (Lipinski definition) is 4. The first-order chi connectivity index (χ1) is 15.0. The Kier molecular flexibility index (Phi) is 6.85. The number of carbonyl (C=O) groups excluding carboxylic acids is 1. The molecule has 2 N–H and O–H groups in total. The standard InChI is InChI=1S/C25H33ClN4O/c1-18-17-29(15-16-30(18)19(2)20-7-4-3-5-8-20)21-11-13-28(14-12-21)25(31)24-22(26)9-6-10-23(24)27/h3-10,18-19,21H,11-17,27H2,1-2H3. The Bertz CT molecular complexity index is 877. The zero-order chi connectivity index (χ0) is 22.0. The SMILES string of the molecule is CC1CN(C2CCN(C(=O)c3c(N)cccc3Cl)CC2)CCN1C(C)c1ccccc1. The number of amides is 1. The van der Waals surface area contributed by atoms with Crippen molar-refractivity contribution in [3.05, 3.63) is 64.7 Å². The fraction of sp³-hybridized carbons (Fsp3) is 0.480. The lowest BCUT2D eigenvalue weighted by Gasteiger charge is -2.47. The van der Waals surface area contributed by atoms with Gasteiger partial charge in [0, 0.05) is 56.5 Å². The number of rotatable bonds is 4. The number of nitrogens with two attached hydrogens (primary N) is 1. The molecular weight excluding hydrogens is 408 g/mol. The number of carbonyl (C=O) groups is 1. The number of piperazine rings is 1. The van der Waals surface area contributed by atoms with Gasteiger partial charge in [0.25, 0.3) is 5.91 Å². The summed E-state index contributed by atoms with van der Waals surface area (Å²) < 4.78 is 0. The topological polar surface area (TPSA) is 52.8 Å².